The molecule has 1 heterocycles. The van der Waals surface area contributed by atoms with Crippen molar-refractivity contribution in [3.05, 3.63) is 70.0 Å². The minimum Gasteiger partial charge on any atom is -0.481 e. The van der Waals surface area contributed by atoms with Gasteiger partial charge in [-0.25, -0.2) is 4.39 Å². The number of ether oxygens (including phenoxy) is 1. The molecule has 8 heteroatoms. The lowest BCUT2D eigenvalue weighted by atomic mass is 10.0. The highest BCUT2D eigenvalue weighted by Gasteiger charge is 2.41. The summed E-state index contributed by atoms with van der Waals surface area (Å²) in [6.45, 7) is 0.583. The Kier molecular flexibility index (Phi) is 7.69. The van der Waals surface area contributed by atoms with Gasteiger partial charge in [0.1, 0.15) is 11.9 Å². The summed E-state index contributed by atoms with van der Waals surface area (Å²) in [6.07, 6.45) is 0.682. The van der Waals surface area contributed by atoms with Gasteiger partial charge in [0.25, 0.3) is 5.91 Å². The maximum atomic E-state index is 14.2. The number of carboxylic acids is 1. The second kappa shape index (κ2) is 10.2. The number of carbonyl (C=O) groups is 2. The quantitative estimate of drug-likeness (QED) is 0.693. The number of benzene rings is 2. The van der Waals surface area contributed by atoms with E-state index >= 15 is 0 Å². The Balaban J connectivity index is 0.000000310. The van der Waals surface area contributed by atoms with Gasteiger partial charge in [0.15, 0.2) is 0 Å². The molecule has 0 aromatic heterocycles. The van der Waals surface area contributed by atoms with E-state index in [1.165, 1.54) is 6.07 Å². The molecule has 2 fully saturated rings. The topological polar surface area (TPSA) is 66.8 Å². The summed E-state index contributed by atoms with van der Waals surface area (Å²) in [5, 5.41) is 9.97. The average molecular weight is 454 g/mol. The van der Waals surface area contributed by atoms with Crippen LogP contribution in [0.2, 0.25) is 10.0 Å². The largest absolute Gasteiger partial charge is 0.481 e. The minimum atomic E-state index is -1.09. The summed E-state index contributed by atoms with van der Waals surface area (Å²) >= 11 is 11.3. The number of morpholine rings is 1. The molecule has 5 nitrogen and oxygen atoms in total. The Morgan fingerprint density at radius 3 is 2.37 bits per heavy atom. The zero-order chi connectivity index (χ0) is 21.7. The Morgan fingerprint density at radius 2 is 1.83 bits per heavy atom. The first-order valence-electron chi connectivity index (χ1n) is 9.64. The van der Waals surface area contributed by atoms with Crippen LogP contribution in [-0.4, -0.2) is 41.1 Å². The van der Waals surface area contributed by atoms with E-state index < -0.39 is 23.9 Å². The number of amides is 1. The summed E-state index contributed by atoms with van der Waals surface area (Å²) in [6, 6.07) is 13.2. The predicted octanol–water partition coefficient (Wildman–Crippen LogP) is 4.97. The van der Waals surface area contributed by atoms with Crippen LogP contribution in [0.4, 0.5) is 4.39 Å². The van der Waals surface area contributed by atoms with E-state index in [1.807, 2.05) is 30.3 Å². The van der Waals surface area contributed by atoms with Gasteiger partial charge in [-0.05, 0) is 43.0 Å². The molecule has 2 aliphatic rings. The Labute approximate surface area is 184 Å². The first-order valence-corrected chi connectivity index (χ1v) is 10.4. The van der Waals surface area contributed by atoms with Gasteiger partial charge in [0.2, 0.25) is 0 Å². The SMILES string of the molecule is Clc1ccccc1.O=C(O)CC1OCC(c2ccc(Cl)cc2F)N(CC2CC2)C1=O. The van der Waals surface area contributed by atoms with Gasteiger partial charge in [0.05, 0.1) is 19.1 Å². The number of carbonyl (C=O) groups excluding carboxylic acids is 1. The van der Waals surface area contributed by atoms with E-state index in [0.29, 0.717) is 18.0 Å². The molecule has 0 radical (unpaired) electrons. The molecule has 2 aromatic carbocycles. The normalized spacial score (nSPS) is 21.0. The standard InChI is InChI=1S/C16H17ClFNO4.C6H5Cl/c17-10-3-4-11(12(18)5-10)13-8-23-14(6-15(20)21)16(22)19(13)7-9-1-2-9;7-6-4-2-1-3-5-6/h3-5,9,13-14H,1-2,6-8H2,(H,20,21);1-5H. The zero-order valence-corrected chi connectivity index (χ0v) is 17.7. The summed E-state index contributed by atoms with van der Waals surface area (Å²) in [5.74, 6) is -1.56. The van der Waals surface area contributed by atoms with Crippen LogP contribution in [0.15, 0.2) is 48.5 Å². The van der Waals surface area contributed by atoms with Crippen LogP contribution in [-0.2, 0) is 14.3 Å². The molecule has 1 amide bonds. The number of aliphatic carboxylic acids is 1. The van der Waals surface area contributed by atoms with Crippen molar-refractivity contribution in [1.29, 1.82) is 0 Å². The molecular formula is C22H22Cl2FNO4. The summed E-state index contributed by atoms with van der Waals surface area (Å²) < 4.78 is 19.6. The molecule has 2 unspecified atom stereocenters. The van der Waals surface area contributed by atoms with Crippen molar-refractivity contribution in [3.63, 3.8) is 0 Å². The number of rotatable bonds is 5. The Morgan fingerprint density at radius 1 is 1.13 bits per heavy atom. The summed E-state index contributed by atoms with van der Waals surface area (Å²) in [4.78, 5) is 25.0. The van der Waals surface area contributed by atoms with Crippen LogP contribution in [0.3, 0.4) is 0 Å². The third kappa shape index (κ3) is 6.17. The van der Waals surface area contributed by atoms with Gasteiger partial charge in [0, 0.05) is 22.2 Å². The number of halogens is 3. The van der Waals surface area contributed by atoms with Gasteiger partial charge in [-0.15, -0.1) is 0 Å². The molecule has 4 rings (SSSR count). The molecule has 0 bridgehead atoms. The molecule has 1 saturated carbocycles. The van der Waals surface area contributed by atoms with Crippen LogP contribution in [0.25, 0.3) is 0 Å². The smallest absolute Gasteiger partial charge is 0.306 e. The van der Waals surface area contributed by atoms with Crippen molar-refractivity contribution >= 4 is 35.1 Å². The van der Waals surface area contributed by atoms with Crippen LogP contribution in [0, 0.1) is 11.7 Å². The van der Waals surface area contributed by atoms with Crippen molar-refractivity contribution in [2.75, 3.05) is 13.2 Å². The fourth-order valence-electron chi connectivity index (χ4n) is 3.25. The number of nitrogens with zero attached hydrogens (tertiary/aromatic N) is 1. The van der Waals surface area contributed by atoms with Gasteiger partial charge >= 0.3 is 5.97 Å². The summed E-state index contributed by atoms with van der Waals surface area (Å²) in [5.41, 5.74) is 0.345. The van der Waals surface area contributed by atoms with E-state index in [4.69, 9.17) is 33.0 Å². The fourth-order valence-corrected chi connectivity index (χ4v) is 3.56. The second-order valence-corrected chi connectivity index (χ2v) is 8.20. The first-order chi connectivity index (χ1) is 14.3. The fraction of sp³-hybridized carbons (Fsp3) is 0.364. The average Bonchev–Trinajstić information content (AvgIpc) is 3.51. The highest BCUT2D eigenvalue weighted by Crippen LogP contribution is 2.36. The van der Waals surface area contributed by atoms with Gasteiger partial charge < -0.3 is 14.7 Å². The molecular weight excluding hydrogens is 432 g/mol. The zero-order valence-electron chi connectivity index (χ0n) is 16.1. The van der Waals surface area contributed by atoms with Crippen molar-refractivity contribution < 1.29 is 23.8 Å². The third-order valence-corrected chi connectivity index (χ3v) is 5.44. The lowest BCUT2D eigenvalue weighted by Gasteiger charge is -2.39. The van der Waals surface area contributed by atoms with Crippen molar-refractivity contribution in [1.82, 2.24) is 4.90 Å². The molecule has 0 spiro atoms. The second-order valence-electron chi connectivity index (χ2n) is 7.33. The highest BCUT2D eigenvalue weighted by molar-refractivity contribution is 6.30. The van der Waals surface area contributed by atoms with E-state index in [2.05, 4.69) is 0 Å². The number of hydrogen-bond acceptors (Lipinski definition) is 3. The van der Waals surface area contributed by atoms with Gasteiger partial charge in [-0.2, -0.15) is 0 Å². The lowest BCUT2D eigenvalue weighted by molar-refractivity contribution is -0.166. The van der Waals surface area contributed by atoms with Gasteiger partial charge in [-0.1, -0.05) is 47.5 Å². The molecule has 1 aliphatic carbocycles. The van der Waals surface area contributed by atoms with Crippen LogP contribution in [0.5, 0.6) is 0 Å². The van der Waals surface area contributed by atoms with Crippen molar-refractivity contribution in [3.8, 4) is 0 Å². The first kappa shape index (κ1) is 22.5. The van der Waals surface area contributed by atoms with Crippen LogP contribution < -0.4 is 0 Å². The van der Waals surface area contributed by atoms with E-state index in [-0.39, 0.29) is 24.0 Å². The predicted molar refractivity (Wildman–Crippen MR) is 112 cm³/mol. The third-order valence-electron chi connectivity index (χ3n) is 4.96. The van der Waals surface area contributed by atoms with Crippen molar-refractivity contribution in [2.24, 2.45) is 5.92 Å². The molecule has 30 heavy (non-hydrogen) atoms. The highest BCUT2D eigenvalue weighted by atomic mass is 35.5. The summed E-state index contributed by atoms with van der Waals surface area (Å²) in [7, 11) is 0. The Bertz CT molecular complexity index is 892. The molecule has 1 saturated heterocycles. The monoisotopic (exact) mass is 453 g/mol. The number of carboxylic acid groups (broad SMARTS) is 1. The molecule has 2 atom stereocenters. The minimum absolute atomic E-state index is 0.0783. The number of hydrogen-bond donors (Lipinski definition) is 1. The lowest BCUT2D eigenvalue weighted by Crippen LogP contribution is -2.51. The van der Waals surface area contributed by atoms with Crippen LogP contribution in [0.1, 0.15) is 30.9 Å². The Hall–Kier alpha value is -2.15. The van der Waals surface area contributed by atoms with E-state index in [0.717, 1.165) is 17.9 Å². The molecule has 160 valence electrons. The van der Waals surface area contributed by atoms with Crippen LogP contribution >= 0.6 is 23.2 Å². The molecule has 1 aliphatic heterocycles. The van der Waals surface area contributed by atoms with E-state index in [9.17, 15) is 14.0 Å². The molecule has 2 aromatic rings. The maximum absolute atomic E-state index is 14.2. The van der Waals surface area contributed by atoms with Crippen molar-refractivity contribution in [2.45, 2.75) is 31.4 Å². The molecule has 1 N–H and O–H groups in total. The maximum Gasteiger partial charge on any atom is 0.306 e. The van der Waals surface area contributed by atoms with Gasteiger partial charge in [-0.3, -0.25) is 9.59 Å². The van der Waals surface area contributed by atoms with E-state index in [1.54, 1.807) is 17.0 Å².